The molecule has 6 bridgehead atoms. The van der Waals surface area contributed by atoms with Crippen molar-refractivity contribution in [3.8, 4) is 11.1 Å². The summed E-state index contributed by atoms with van der Waals surface area (Å²) in [5.74, 6) is -1.33. The maximum Gasteiger partial charge on any atom is 0.324 e. The lowest BCUT2D eigenvalue weighted by molar-refractivity contribution is -0.155. The number of likely N-dealkylation sites (tertiary alicyclic amines) is 1. The van der Waals surface area contributed by atoms with E-state index < -0.39 is 34.9 Å². The SMILES string of the molecule is C=C/C(=C(\N=C/C)[C@H](C)OC)c1c2c3cc(ccc3n1CC)-c1cccc(c1)C[C@H](NC(=O)[C@H](C(C)C)N1CC[C@]3(CCNC3)C1=O)C(=O)N1CCC[C@H](N1)C(=O)OCC(C)(C)C2. The molecular formula is C50H67N7O6. The van der Waals surface area contributed by atoms with Gasteiger partial charge in [-0.1, -0.05) is 70.7 Å². The highest BCUT2D eigenvalue weighted by Gasteiger charge is 2.52. The smallest absolute Gasteiger partial charge is 0.324 e. The van der Waals surface area contributed by atoms with E-state index in [2.05, 4.69) is 78.3 Å². The number of esters is 1. The van der Waals surface area contributed by atoms with Crippen molar-refractivity contribution in [2.24, 2.45) is 21.7 Å². The van der Waals surface area contributed by atoms with Crippen molar-refractivity contribution in [2.75, 3.05) is 39.9 Å². The van der Waals surface area contributed by atoms with E-state index in [0.717, 1.165) is 63.1 Å². The number of carbonyl (C=O) groups is 4. The van der Waals surface area contributed by atoms with Gasteiger partial charge in [-0.25, -0.2) is 5.43 Å². The molecule has 4 aliphatic heterocycles. The summed E-state index contributed by atoms with van der Waals surface area (Å²) in [6.07, 6.45) is 6.63. The van der Waals surface area contributed by atoms with Crippen molar-refractivity contribution >= 4 is 46.4 Å². The normalized spacial score (nSPS) is 24.5. The van der Waals surface area contributed by atoms with Gasteiger partial charge in [0, 0.05) is 67.8 Å². The molecule has 3 N–H and O–H groups in total. The van der Waals surface area contributed by atoms with Crippen LogP contribution in [0.5, 0.6) is 0 Å². The van der Waals surface area contributed by atoms with Crippen LogP contribution in [-0.2, 0) is 48.0 Å². The molecule has 13 nitrogen and oxygen atoms in total. The number of carbonyl (C=O) groups excluding carboxylic acids is 4. The summed E-state index contributed by atoms with van der Waals surface area (Å²) < 4.78 is 14.3. The lowest BCUT2D eigenvalue weighted by Gasteiger charge is -2.37. The Balaban J connectivity index is 1.33. The maximum absolute atomic E-state index is 14.7. The predicted molar refractivity (Wildman–Crippen MR) is 248 cm³/mol. The molecule has 1 aromatic heterocycles. The van der Waals surface area contributed by atoms with E-state index in [1.807, 2.05) is 45.9 Å². The van der Waals surface area contributed by atoms with Crippen LogP contribution in [-0.4, -0.2) is 109 Å². The van der Waals surface area contributed by atoms with E-state index >= 15 is 0 Å². The van der Waals surface area contributed by atoms with Gasteiger partial charge in [-0.05, 0) is 99.7 Å². The fraction of sp³-hybridized carbons (Fsp3) is 0.540. The van der Waals surface area contributed by atoms with Crippen molar-refractivity contribution in [1.82, 2.24) is 30.5 Å². The Bertz CT molecular complexity index is 2300. The van der Waals surface area contributed by atoms with E-state index in [-0.39, 0.29) is 42.8 Å². The number of aryl methyl sites for hydroxylation is 1. The van der Waals surface area contributed by atoms with Crippen LogP contribution in [0, 0.1) is 16.7 Å². The number of methoxy groups -OCH3 is 1. The minimum absolute atomic E-state index is 0.00465. The average Bonchev–Trinajstić information content (AvgIpc) is 3.97. The predicted octanol–water partition coefficient (Wildman–Crippen LogP) is 6.24. The lowest BCUT2D eigenvalue weighted by atomic mass is 9.84. The topological polar surface area (TPSA) is 147 Å². The summed E-state index contributed by atoms with van der Waals surface area (Å²) >= 11 is 0. The number of aliphatic imine (C=N–C) groups is 1. The molecule has 0 radical (unpaired) electrons. The van der Waals surface area contributed by atoms with Crippen LogP contribution in [0.1, 0.15) is 91.0 Å². The number of nitrogens with one attached hydrogen (secondary N) is 3. The Labute approximate surface area is 372 Å². The average molecular weight is 862 g/mol. The third-order valence-corrected chi connectivity index (χ3v) is 13.6. The Morgan fingerprint density at radius 1 is 1.10 bits per heavy atom. The number of cyclic esters (lactones) is 1. The highest BCUT2D eigenvalue weighted by atomic mass is 16.5. The van der Waals surface area contributed by atoms with E-state index in [0.29, 0.717) is 51.9 Å². The number of hydrogen-bond donors (Lipinski definition) is 3. The highest BCUT2D eigenvalue weighted by molar-refractivity contribution is 5.97. The zero-order chi connectivity index (χ0) is 45.2. The second-order valence-corrected chi connectivity index (χ2v) is 18.9. The minimum Gasteiger partial charge on any atom is -0.464 e. The third-order valence-electron chi connectivity index (χ3n) is 13.6. The molecule has 3 aromatic rings. The van der Waals surface area contributed by atoms with Crippen LogP contribution in [0.25, 0.3) is 27.6 Å². The summed E-state index contributed by atoms with van der Waals surface area (Å²) in [7, 11) is 1.68. The monoisotopic (exact) mass is 862 g/mol. The number of rotatable bonds is 10. The zero-order valence-electron chi connectivity index (χ0n) is 38.5. The first-order valence-corrected chi connectivity index (χ1v) is 22.8. The Morgan fingerprint density at radius 3 is 2.56 bits per heavy atom. The van der Waals surface area contributed by atoms with Crippen molar-refractivity contribution in [3.63, 3.8) is 0 Å². The van der Waals surface area contributed by atoms with Crippen LogP contribution in [0.4, 0.5) is 0 Å². The number of hydrogen-bond acceptors (Lipinski definition) is 9. The van der Waals surface area contributed by atoms with Gasteiger partial charge < -0.3 is 29.6 Å². The number of aromatic nitrogens is 1. The number of hydrazine groups is 1. The Kier molecular flexibility index (Phi) is 13.8. The second-order valence-electron chi connectivity index (χ2n) is 18.9. The van der Waals surface area contributed by atoms with Crippen molar-refractivity contribution in [3.05, 3.63) is 77.6 Å². The van der Waals surface area contributed by atoms with Crippen LogP contribution >= 0.6 is 0 Å². The van der Waals surface area contributed by atoms with Gasteiger partial charge >= 0.3 is 5.97 Å². The van der Waals surface area contributed by atoms with Gasteiger partial charge in [-0.3, -0.25) is 29.2 Å². The molecule has 338 valence electrons. The van der Waals surface area contributed by atoms with Gasteiger partial charge in [0.1, 0.15) is 18.1 Å². The number of ether oxygens (including phenoxy) is 2. The van der Waals surface area contributed by atoms with Gasteiger partial charge in [0.25, 0.3) is 5.91 Å². The lowest BCUT2D eigenvalue weighted by Crippen LogP contribution is -2.62. The van der Waals surface area contributed by atoms with Crippen LogP contribution < -0.4 is 16.1 Å². The molecule has 1 spiro atoms. The number of benzene rings is 2. The van der Waals surface area contributed by atoms with Gasteiger partial charge in [0.2, 0.25) is 11.8 Å². The summed E-state index contributed by atoms with van der Waals surface area (Å²) in [5.41, 5.74) is 9.81. The van der Waals surface area contributed by atoms with Gasteiger partial charge in [-0.2, -0.15) is 0 Å². The molecule has 13 heteroatoms. The summed E-state index contributed by atoms with van der Waals surface area (Å²) in [6, 6.07) is 12.2. The number of allylic oxidation sites excluding steroid dienone is 2. The maximum atomic E-state index is 14.7. The van der Waals surface area contributed by atoms with Crippen molar-refractivity contribution in [1.29, 1.82) is 0 Å². The van der Waals surface area contributed by atoms with Gasteiger partial charge in [-0.15, -0.1) is 0 Å². The van der Waals surface area contributed by atoms with Crippen LogP contribution in [0.2, 0.25) is 0 Å². The van der Waals surface area contributed by atoms with E-state index in [9.17, 15) is 19.2 Å². The standard InChI is InChI=1S/C50H67N7O6/c1-10-36(42(52-11-2)32(6)62-9)44-38-28-49(7,8)30-63-47(60)39-17-14-23-57(54-39)46(59)40(53-45(58)43(31(4)5)56-24-21-50(48(56)61)20-22-51-29-50)26-33-15-13-16-34(25-33)35-18-19-41(37(38)27-35)55(44)12-3/h10-11,13,15-16,18-19,25,27,31-32,39-40,43,51,54H,1,12,14,17,20-24,26,28-30H2,2-9H3,(H,53,58)/b42-36+,52-11-/t32-,39-,40-,43-,50-/m0/s1. The molecule has 63 heavy (non-hydrogen) atoms. The zero-order valence-corrected chi connectivity index (χ0v) is 38.5. The quantitative estimate of drug-likeness (QED) is 0.124. The first-order valence-electron chi connectivity index (χ1n) is 22.8. The molecule has 5 heterocycles. The minimum atomic E-state index is -0.984. The first kappa shape index (κ1) is 45.9. The first-order chi connectivity index (χ1) is 30.1. The summed E-state index contributed by atoms with van der Waals surface area (Å²) in [4.78, 5) is 63.6. The molecule has 3 amide bonds. The molecule has 0 aliphatic carbocycles. The van der Waals surface area contributed by atoms with E-state index in [1.54, 1.807) is 18.2 Å². The molecular weight excluding hydrogens is 795 g/mol. The molecule has 0 saturated carbocycles. The third kappa shape index (κ3) is 9.15. The Morgan fingerprint density at radius 2 is 1.87 bits per heavy atom. The molecule has 2 aromatic carbocycles. The van der Waals surface area contributed by atoms with Crippen molar-refractivity contribution < 1.29 is 28.7 Å². The highest BCUT2D eigenvalue weighted by Crippen LogP contribution is 2.41. The molecule has 0 unspecified atom stereocenters. The van der Waals surface area contributed by atoms with Crippen LogP contribution in [0.15, 0.2) is 65.8 Å². The fourth-order valence-electron chi connectivity index (χ4n) is 10.2. The van der Waals surface area contributed by atoms with E-state index in [4.69, 9.17) is 14.5 Å². The van der Waals surface area contributed by atoms with Crippen molar-refractivity contribution in [2.45, 2.75) is 118 Å². The molecule has 3 saturated heterocycles. The number of fused-ring (bicyclic) bond motifs is 6. The second kappa shape index (κ2) is 18.9. The molecule has 7 rings (SSSR count). The largest absolute Gasteiger partial charge is 0.464 e. The fourth-order valence-corrected chi connectivity index (χ4v) is 10.2. The van der Waals surface area contributed by atoms with Crippen LogP contribution in [0.3, 0.4) is 0 Å². The van der Waals surface area contributed by atoms with Gasteiger partial charge in [0.15, 0.2) is 0 Å². The molecule has 3 fully saturated rings. The van der Waals surface area contributed by atoms with Gasteiger partial charge in [0.05, 0.1) is 29.5 Å². The summed E-state index contributed by atoms with van der Waals surface area (Å²) in [6.45, 7) is 21.5. The molecule has 4 aliphatic rings. The summed E-state index contributed by atoms with van der Waals surface area (Å²) in [5, 5.41) is 9.02. The number of nitrogens with zero attached hydrogens (tertiary/aromatic N) is 4. The molecule has 5 atom stereocenters. The number of amides is 3. The Hall–Kier alpha value is -5.11. The van der Waals surface area contributed by atoms with E-state index in [1.165, 1.54) is 5.01 Å².